The zero-order chi connectivity index (χ0) is 13.9. The Bertz CT molecular complexity index is 736. The van der Waals surface area contributed by atoms with E-state index in [0.29, 0.717) is 6.61 Å². The number of rotatable bonds is 4. The molecule has 0 aliphatic rings. The van der Waals surface area contributed by atoms with E-state index in [9.17, 15) is 4.39 Å². The molecule has 0 fully saturated rings. The lowest BCUT2D eigenvalue weighted by Crippen LogP contribution is -1.93. The molecular formula is C16H13FO2S. The Hall–Kier alpha value is -2.07. The van der Waals surface area contributed by atoms with E-state index < -0.39 is 0 Å². The van der Waals surface area contributed by atoms with E-state index in [1.54, 1.807) is 30.6 Å². The highest BCUT2D eigenvalue weighted by molar-refractivity contribution is 7.19. The van der Waals surface area contributed by atoms with Crippen LogP contribution in [0.5, 0.6) is 11.5 Å². The van der Waals surface area contributed by atoms with Gasteiger partial charge in [0.1, 0.15) is 23.9 Å². The molecule has 4 heteroatoms. The molecule has 1 aromatic heterocycles. The normalized spacial score (nSPS) is 10.7. The summed E-state index contributed by atoms with van der Waals surface area (Å²) in [5, 5.41) is 0.916. The van der Waals surface area contributed by atoms with Crippen molar-refractivity contribution in [3.63, 3.8) is 0 Å². The van der Waals surface area contributed by atoms with Crippen LogP contribution in [0.3, 0.4) is 0 Å². The molecule has 102 valence electrons. The molecule has 3 rings (SSSR count). The highest BCUT2D eigenvalue weighted by Gasteiger charge is 2.04. The molecule has 20 heavy (non-hydrogen) atoms. The van der Waals surface area contributed by atoms with Gasteiger partial charge < -0.3 is 9.47 Å². The maximum absolute atomic E-state index is 13.1. The van der Waals surface area contributed by atoms with E-state index >= 15 is 0 Å². The van der Waals surface area contributed by atoms with Crippen LogP contribution in [-0.2, 0) is 6.61 Å². The number of methoxy groups -OCH3 is 1. The largest absolute Gasteiger partial charge is 0.497 e. The van der Waals surface area contributed by atoms with Crippen LogP contribution in [0.25, 0.3) is 10.1 Å². The van der Waals surface area contributed by atoms with Gasteiger partial charge in [0.15, 0.2) is 0 Å². The van der Waals surface area contributed by atoms with E-state index in [2.05, 4.69) is 0 Å². The summed E-state index contributed by atoms with van der Waals surface area (Å²) >= 11 is 1.61. The van der Waals surface area contributed by atoms with E-state index in [-0.39, 0.29) is 5.82 Å². The van der Waals surface area contributed by atoms with Crippen LogP contribution < -0.4 is 9.47 Å². The third-order valence-electron chi connectivity index (χ3n) is 2.95. The molecule has 0 aliphatic carbocycles. The van der Waals surface area contributed by atoms with Gasteiger partial charge in [0.25, 0.3) is 0 Å². The molecule has 3 aromatic rings. The highest BCUT2D eigenvalue weighted by Crippen LogP contribution is 2.28. The lowest BCUT2D eigenvalue weighted by Gasteiger charge is -2.06. The van der Waals surface area contributed by atoms with Crippen molar-refractivity contribution < 1.29 is 13.9 Å². The van der Waals surface area contributed by atoms with Crippen LogP contribution >= 0.6 is 11.3 Å². The molecule has 0 unspecified atom stereocenters. The third kappa shape index (κ3) is 2.75. The van der Waals surface area contributed by atoms with Gasteiger partial charge in [-0.05, 0) is 41.8 Å². The van der Waals surface area contributed by atoms with Crippen LogP contribution in [0.1, 0.15) is 4.88 Å². The van der Waals surface area contributed by atoms with Gasteiger partial charge in [0, 0.05) is 15.6 Å². The van der Waals surface area contributed by atoms with Gasteiger partial charge in [-0.1, -0.05) is 6.07 Å². The Labute approximate surface area is 120 Å². The highest BCUT2D eigenvalue weighted by atomic mass is 32.1. The molecule has 0 amide bonds. The Morgan fingerprint density at radius 1 is 1.05 bits per heavy atom. The topological polar surface area (TPSA) is 18.5 Å². The molecule has 0 aliphatic heterocycles. The zero-order valence-corrected chi connectivity index (χ0v) is 11.7. The number of ether oxygens (including phenoxy) is 2. The Kier molecular flexibility index (Phi) is 3.56. The van der Waals surface area contributed by atoms with Crippen molar-refractivity contribution in [3.05, 3.63) is 59.2 Å². The minimum absolute atomic E-state index is 0.212. The van der Waals surface area contributed by atoms with E-state index in [4.69, 9.17) is 9.47 Å². The number of halogens is 1. The summed E-state index contributed by atoms with van der Waals surface area (Å²) in [4.78, 5) is 1.06. The molecule has 2 aromatic carbocycles. The lowest BCUT2D eigenvalue weighted by atomic mass is 10.2. The van der Waals surface area contributed by atoms with Crippen LogP contribution in [-0.4, -0.2) is 7.11 Å². The number of fused-ring (bicyclic) bond motifs is 1. The van der Waals surface area contributed by atoms with Crippen molar-refractivity contribution in [3.8, 4) is 11.5 Å². The third-order valence-corrected chi connectivity index (χ3v) is 4.04. The number of thiophene rings is 1. The Morgan fingerprint density at radius 2 is 1.90 bits per heavy atom. The van der Waals surface area contributed by atoms with Crippen molar-refractivity contribution in [2.24, 2.45) is 0 Å². The fraction of sp³-hybridized carbons (Fsp3) is 0.125. The van der Waals surface area contributed by atoms with Crippen molar-refractivity contribution in [1.29, 1.82) is 0 Å². The molecule has 0 N–H and O–H groups in total. The van der Waals surface area contributed by atoms with E-state index in [0.717, 1.165) is 26.5 Å². The average molecular weight is 288 g/mol. The summed E-state index contributed by atoms with van der Waals surface area (Å²) in [7, 11) is 1.62. The first-order valence-corrected chi connectivity index (χ1v) is 7.01. The molecule has 2 nitrogen and oxygen atoms in total. The SMILES string of the molecule is COc1cccc(OCc2cc3cc(F)ccc3s2)c1. The summed E-state index contributed by atoms with van der Waals surface area (Å²) in [6.45, 7) is 0.466. The number of benzene rings is 2. The minimum Gasteiger partial charge on any atom is -0.497 e. The van der Waals surface area contributed by atoms with Gasteiger partial charge >= 0.3 is 0 Å². The summed E-state index contributed by atoms with van der Waals surface area (Å²) in [5.74, 6) is 1.31. The second-order valence-electron chi connectivity index (χ2n) is 4.36. The summed E-state index contributed by atoms with van der Waals surface area (Å²) in [5.41, 5.74) is 0. The van der Waals surface area contributed by atoms with Crippen molar-refractivity contribution in [2.75, 3.05) is 7.11 Å². The maximum atomic E-state index is 13.1. The average Bonchev–Trinajstić information content (AvgIpc) is 2.87. The molecule has 0 saturated carbocycles. The smallest absolute Gasteiger partial charge is 0.123 e. The molecule has 1 heterocycles. The summed E-state index contributed by atoms with van der Waals surface area (Å²) < 4.78 is 25.1. The Balaban J connectivity index is 1.76. The fourth-order valence-corrected chi connectivity index (χ4v) is 2.94. The number of hydrogen-bond donors (Lipinski definition) is 0. The van der Waals surface area contributed by atoms with Crippen LogP contribution in [0.2, 0.25) is 0 Å². The van der Waals surface area contributed by atoms with E-state index in [1.165, 1.54) is 6.07 Å². The zero-order valence-electron chi connectivity index (χ0n) is 10.9. The van der Waals surface area contributed by atoms with Gasteiger partial charge in [-0.3, -0.25) is 0 Å². The van der Waals surface area contributed by atoms with Crippen molar-refractivity contribution in [1.82, 2.24) is 0 Å². The summed E-state index contributed by atoms with van der Waals surface area (Å²) in [6.07, 6.45) is 0. The Morgan fingerprint density at radius 3 is 2.75 bits per heavy atom. The summed E-state index contributed by atoms with van der Waals surface area (Å²) in [6, 6.07) is 14.3. The van der Waals surface area contributed by atoms with Gasteiger partial charge in [0.05, 0.1) is 7.11 Å². The predicted molar refractivity (Wildman–Crippen MR) is 79.1 cm³/mol. The number of hydrogen-bond acceptors (Lipinski definition) is 3. The predicted octanol–water partition coefficient (Wildman–Crippen LogP) is 4.63. The van der Waals surface area contributed by atoms with Crippen molar-refractivity contribution >= 4 is 21.4 Å². The molecule has 0 saturated heterocycles. The first kappa shape index (κ1) is 12.9. The van der Waals surface area contributed by atoms with Crippen LogP contribution in [0, 0.1) is 5.82 Å². The van der Waals surface area contributed by atoms with Crippen molar-refractivity contribution in [2.45, 2.75) is 6.61 Å². The first-order chi connectivity index (χ1) is 9.74. The molecule has 0 bridgehead atoms. The molecular weight excluding hydrogens is 275 g/mol. The monoisotopic (exact) mass is 288 g/mol. The van der Waals surface area contributed by atoms with Crippen LogP contribution in [0.15, 0.2) is 48.5 Å². The van der Waals surface area contributed by atoms with Crippen LogP contribution in [0.4, 0.5) is 4.39 Å². The van der Waals surface area contributed by atoms with Gasteiger partial charge in [-0.25, -0.2) is 4.39 Å². The van der Waals surface area contributed by atoms with E-state index in [1.807, 2.05) is 30.3 Å². The van der Waals surface area contributed by atoms with Gasteiger partial charge in [-0.2, -0.15) is 0 Å². The quantitative estimate of drug-likeness (QED) is 0.697. The second-order valence-corrected chi connectivity index (χ2v) is 5.53. The maximum Gasteiger partial charge on any atom is 0.123 e. The second kappa shape index (κ2) is 5.51. The molecule has 0 spiro atoms. The van der Waals surface area contributed by atoms with Gasteiger partial charge in [-0.15, -0.1) is 11.3 Å². The first-order valence-electron chi connectivity index (χ1n) is 6.19. The molecule has 0 atom stereocenters. The van der Waals surface area contributed by atoms with Gasteiger partial charge in [0.2, 0.25) is 0 Å². The molecule has 0 radical (unpaired) electrons. The fourth-order valence-electron chi connectivity index (χ4n) is 1.99. The minimum atomic E-state index is -0.212. The lowest BCUT2D eigenvalue weighted by molar-refractivity contribution is 0.307. The standard InChI is InChI=1S/C16H13FO2S/c1-18-13-3-2-4-14(9-13)19-10-15-8-11-7-12(17)5-6-16(11)20-15/h2-9H,10H2,1H3.